The lowest BCUT2D eigenvalue weighted by molar-refractivity contribution is -0.112. The van der Waals surface area contributed by atoms with Crippen molar-refractivity contribution >= 4 is 17.9 Å². The molecule has 1 atom stereocenters. The predicted octanol–water partition coefficient (Wildman–Crippen LogP) is 5.16. The Morgan fingerprint density at radius 1 is 1.28 bits per heavy atom. The number of carbonyl (C=O) groups excluding carboxylic acids is 1. The summed E-state index contributed by atoms with van der Waals surface area (Å²) in [6, 6.07) is 13.5. The second-order valence-corrected chi connectivity index (χ2v) is 7.77. The van der Waals surface area contributed by atoms with Crippen LogP contribution in [0.1, 0.15) is 42.5 Å². The summed E-state index contributed by atoms with van der Waals surface area (Å²) in [7, 11) is 0. The minimum Gasteiger partial charge on any atom is -0.489 e. The summed E-state index contributed by atoms with van der Waals surface area (Å²) in [6.07, 6.45) is 5.04. The molecule has 2 heterocycles. The fourth-order valence-corrected chi connectivity index (χ4v) is 3.92. The van der Waals surface area contributed by atoms with Gasteiger partial charge in [0.25, 0.3) is 0 Å². The number of rotatable bonds is 8. The number of fused-ring (bicyclic) bond motifs is 1. The van der Waals surface area contributed by atoms with Gasteiger partial charge in [-0.05, 0) is 48.4 Å². The van der Waals surface area contributed by atoms with Crippen LogP contribution in [0.3, 0.4) is 0 Å². The van der Waals surface area contributed by atoms with Crippen LogP contribution < -0.4 is 4.74 Å². The molecular weight excluding hydrogens is 386 g/mol. The Bertz CT molecular complexity index is 984. The number of aromatic amines is 1. The number of aromatic nitrogens is 2. The number of nitrogens with zero attached hydrogens (tertiary/aromatic N) is 2. The molecule has 0 saturated carbocycles. The summed E-state index contributed by atoms with van der Waals surface area (Å²) >= 11 is 5.98. The minimum absolute atomic E-state index is 0.143. The van der Waals surface area contributed by atoms with Crippen LogP contribution in [0.5, 0.6) is 5.75 Å². The molecule has 150 valence electrons. The maximum absolute atomic E-state index is 11.6. The number of hydrogen-bond acceptors (Lipinski definition) is 4. The standard InChI is InChI=1S/C23H24ClN3O2/c1-2-3-10-27-13-17-11-20(8-9-21(17)22(27)14-28)29-15-18-12-25-26-23(18)16-4-6-19(24)7-5-16/h4-9,11-12,14,22H,2-3,10,13,15H2,1H3,(H,25,26). The van der Waals surface area contributed by atoms with Gasteiger partial charge >= 0.3 is 0 Å². The molecule has 5 nitrogen and oxygen atoms in total. The van der Waals surface area contributed by atoms with E-state index in [9.17, 15) is 4.79 Å². The predicted molar refractivity (Wildman–Crippen MR) is 114 cm³/mol. The number of ether oxygens (including phenoxy) is 1. The van der Waals surface area contributed by atoms with Gasteiger partial charge in [-0.3, -0.25) is 10.00 Å². The largest absolute Gasteiger partial charge is 0.489 e. The van der Waals surface area contributed by atoms with Gasteiger partial charge in [0.15, 0.2) is 0 Å². The number of unbranched alkanes of at least 4 members (excludes halogenated alkanes) is 1. The first-order valence-electron chi connectivity index (χ1n) is 9.92. The Morgan fingerprint density at radius 3 is 2.86 bits per heavy atom. The SMILES string of the molecule is CCCCN1Cc2cc(OCc3cn[nH]c3-c3ccc(Cl)cc3)ccc2C1C=O. The lowest BCUT2D eigenvalue weighted by Gasteiger charge is -2.19. The molecule has 0 radical (unpaired) electrons. The molecule has 4 rings (SSSR count). The van der Waals surface area contributed by atoms with Gasteiger partial charge in [-0.1, -0.05) is 43.1 Å². The highest BCUT2D eigenvalue weighted by molar-refractivity contribution is 6.30. The number of benzene rings is 2. The zero-order valence-corrected chi connectivity index (χ0v) is 17.2. The zero-order chi connectivity index (χ0) is 20.2. The van der Waals surface area contributed by atoms with E-state index < -0.39 is 0 Å². The van der Waals surface area contributed by atoms with Crippen LogP contribution in [0.15, 0.2) is 48.7 Å². The van der Waals surface area contributed by atoms with E-state index in [1.807, 2.05) is 36.4 Å². The lowest BCUT2D eigenvalue weighted by atomic mass is 10.1. The van der Waals surface area contributed by atoms with Crippen molar-refractivity contribution in [1.29, 1.82) is 0 Å². The van der Waals surface area contributed by atoms with Crippen molar-refractivity contribution in [3.8, 4) is 17.0 Å². The Morgan fingerprint density at radius 2 is 2.10 bits per heavy atom. The fraction of sp³-hybridized carbons (Fsp3) is 0.304. The molecule has 1 aliphatic rings. The van der Waals surface area contributed by atoms with Crippen LogP contribution in [-0.2, 0) is 17.9 Å². The van der Waals surface area contributed by atoms with Gasteiger partial charge in [0, 0.05) is 22.7 Å². The van der Waals surface area contributed by atoms with E-state index in [-0.39, 0.29) is 6.04 Å². The van der Waals surface area contributed by atoms with E-state index in [2.05, 4.69) is 28.1 Å². The number of hydrogen-bond donors (Lipinski definition) is 1. The van der Waals surface area contributed by atoms with Gasteiger partial charge in [-0.2, -0.15) is 5.10 Å². The van der Waals surface area contributed by atoms with E-state index in [0.29, 0.717) is 11.6 Å². The third-order valence-corrected chi connectivity index (χ3v) is 5.62. The molecule has 0 saturated heterocycles. The molecular formula is C23H24ClN3O2. The molecule has 2 aromatic carbocycles. The molecule has 0 aliphatic carbocycles. The highest BCUT2D eigenvalue weighted by atomic mass is 35.5. The van der Waals surface area contributed by atoms with Gasteiger partial charge in [0.05, 0.1) is 17.9 Å². The van der Waals surface area contributed by atoms with E-state index in [4.69, 9.17) is 16.3 Å². The maximum Gasteiger partial charge on any atom is 0.141 e. The maximum atomic E-state index is 11.6. The summed E-state index contributed by atoms with van der Waals surface area (Å²) in [5.41, 5.74) is 5.17. The molecule has 1 unspecified atom stereocenters. The summed E-state index contributed by atoms with van der Waals surface area (Å²) in [5, 5.41) is 7.91. The first kappa shape index (κ1) is 19.7. The van der Waals surface area contributed by atoms with Crippen molar-refractivity contribution in [2.45, 2.75) is 39.0 Å². The molecule has 1 N–H and O–H groups in total. The van der Waals surface area contributed by atoms with Gasteiger partial charge in [0.1, 0.15) is 18.6 Å². The molecule has 1 aromatic heterocycles. The highest BCUT2D eigenvalue weighted by Gasteiger charge is 2.29. The normalized spacial score (nSPS) is 16.0. The van der Waals surface area contributed by atoms with Crippen LogP contribution >= 0.6 is 11.6 Å². The first-order chi connectivity index (χ1) is 14.2. The zero-order valence-electron chi connectivity index (χ0n) is 16.4. The van der Waals surface area contributed by atoms with Gasteiger partial charge in [-0.25, -0.2) is 0 Å². The number of H-pyrrole nitrogens is 1. The molecule has 0 bridgehead atoms. The number of halogens is 1. The van der Waals surface area contributed by atoms with Crippen LogP contribution in [0.2, 0.25) is 5.02 Å². The molecule has 0 spiro atoms. The second-order valence-electron chi connectivity index (χ2n) is 7.33. The van der Waals surface area contributed by atoms with Crippen molar-refractivity contribution < 1.29 is 9.53 Å². The van der Waals surface area contributed by atoms with Gasteiger partial charge < -0.3 is 9.53 Å². The highest BCUT2D eigenvalue weighted by Crippen LogP contribution is 2.35. The third kappa shape index (κ3) is 4.21. The average Bonchev–Trinajstić information content (AvgIpc) is 3.34. The molecule has 1 aliphatic heterocycles. The summed E-state index contributed by atoms with van der Waals surface area (Å²) in [6.45, 7) is 4.30. The smallest absolute Gasteiger partial charge is 0.141 e. The molecule has 29 heavy (non-hydrogen) atoms. The first-order valence-corrected chi connectivity index (χ1v) is 10.3. The summed E-state index contributed by atoms with van der Waals surface area (Å²) in [5.74, 6) is 0.800. The van der Waals surface area contributed by atoms with E-state index in [0.717, 1.165) is 60.4 Å². The summed E-state index contributed by atoms with van der Waals surface area (Å²) in [4.78, 5) is 13.8. The monoisotopic (exact) mass is 409 g/mol. The molecule has 3 aromatic rings. The quantitative estimate of drug-likeness (QED) is 0.522. The Hall–Kier alpha value is -2.63. The van der Waals surface area contributed by atoms with Crippen LogP contribution in [0.4, 0.5) is 0 Å². The van der Waals surface area contributed by atoms with E-state index in [1.54, 1.807) is 6.20 Å². The number of nitrogens with one attached hydrogen (secondary N) is 1. The lowest BCUT2D eigenvalue weighted by Crippen LogP contribution is -2.24. The third-order valence-electron chi connectivity index (χ3n) is 5.37. The van der Waals surface area contributed by atoms with Crippen molar-refractivity contribution in [3.05, 3.63) is 70.4 Å². The van der Waals surface area contributed by atoms with Crippen molar-refractivity contribution in [3.63, 3.8) is 0 Å². The van der Waals surface area contributed by atoms with Gasteiger partial charge in [-0.15, -0.1) is 0 Å². The second kappa shape index (κ2) is 8.80. The Balaban J connectivity index is 1.47. The van der Waals surface area contributed by atoms with E-state index >= 15 is 0 Å². The van der Waals surface area contributed by atoms with Gasteiger partial charge in [0.2, 0.25) is 0 Å². The van der Waals surface area contributed by atoms with Crippen LogP contribution in [0.25, 0.3) is 11.3 Å². The molecule has 0 amide bonds. The average molecular weight is 410 g/mol. The minimum atomic E-state index is -0.143. The Kier molecular flexibility index (Phi) is 5.97. The van der Waals surface area contributed by atoms with Crippen molar-refractivity contribution in [2.24, 2.45) is 0 Å². The number of carbonyl (C=O) groups is 1. The van der Waals surface area contributed by atoms with Crippen LogP contribution in [0, 0.1) is 0 Å². The Labute approximate surface area is 175 Å². The van der Waals surface area contributed by atoms with Crippen molar-refractivity contribution in [2.75, 3.05) is 6.54 Å². The fourth-order valence-electron chi connectivity index (χ4n) is 3.80. The van der Waals surface area contributed by atoms with Crippen molar-refractivity contribution in [1.82, 2.24) is 15.1 Å². The number of aldehydes is 1. The summed E-state index contributed by atoms with van der Waals surface area (Å²) < 4.78 is 6.05. The van der Waals surface area contributed by atoms with E-state index in [1.165, 1.54) is 5.56 Å². The molecule has 6 heteroatoms. The molecule has 0 fully saturated rings. The topological polar surface area (TPSA) is 58.2 Å². The van der Waals surface area contributed by atoms with Crippen LogP contribution in [-0.4, -0.2) is 27.9 Å².